The third kappa shape index (κ3) is 9.15. The molecule has 4 amide bonds. The molecule has 40 heavy (non-hydrogen) atoms. The zero-order valence-electron chi connectivity index (χ0n) is 23.0. The smallest absolute Gasteiger partial charge is 0.274 e. The molecule has 0 saturated carbocycles. The summed E-state index contributed by atoms with van der Waals surface area (Å²) >= 11 is 0. The van der Waals surface area contributed by atoms with Crippen LogP contribution in [0.4, 0.5) is 4.39 Å². The van der Waals surface area contributed by atoms with Gasteiger partial charge in [0.05, 0.1) is 12.6 Å². The van der Waals surface area contributed by atoms with Crippen LogP contribution in [0, 0.1) is 24.6 Å². The summed E-state index contributed by atoms with van der Waals surface area (Å²) in [5, 5.41) is 24.5. The molecule has 1 saturated heterocycles. The van der Waals surface area contributed by atoms with Gasteiger partial charge in [-0.3, -0.25) is 19.2 Å². The molecule has 2 aromatic rings. The van der Waals surface area contributed by atoms with Crippen LogP contribution in [0.2, 0.25) is 0 Å². The standard InChI is InChI=1S/C28H38FN5O6/c1-16(2)11-22(26(37)31-21(15-35)14-19-5-4-10-30-25(19)36)32-27(38)23(13-18-6-8-20(29)9-7-18)33-28(39)24-12-17(3)40-34-24/h6-9,12,16,19,21-23,35H,4-5,10-11,13-15H2,1-3H3,(H,30,36)(H,31,37)(H,32,38)(H,33,39)/t19-,21-,22-,23?/m0/s1. The van der Waals surface area contributed by atoms with Crippen molar-refractivity contribution in [1.29, 1.82) is 0 Å². The van der Waals surface area contributed by atoms with E-state index in [-0.39, 0.29) is 42.9 Å². The van der Waals surface area contributed by atoms with Crippen LogP contribution < -0.4 is 21.3 Å². The number of aromatic nitrogens is 1. The molecule has 0 aliphatic carbocycles. The number of aliphatic hydroxyl groups is 1. The number of carbonyl (C=O) groups is 4. The maximum atomic E-state index is 13.5. The van der Waals surface area contributed by atoms with Gasteiger partial charge in [-0.1, -0.05) is 31.1 Å². The Labute approximate surface area is 232 Å². The molecule has 2 heterocycles. The fourth-order valence-electron chi connectivity index (χ4n) is 4.63. The van der Waals surface area contributed by atoms with Crippen molar-refractivity contribution in [2.45, 2.75) is 71.0 Å². The Hall–Kier alpha value is -3.80. The summed E-state index contributed by atoms with van der Waals surface area (Å²) in [5.74, 6) is -2.19. The first-order chi connectivity index (χ1) is 19.0. The largest absolute Gasteiger partial charge is 0.394 e. The lowest BCUT2D eigenvalue weighted by molar-refractivity contribution is -0.131. The molecule has 0 radical (unpaired) electrons. The van der Waals surface area contributed by atoms with E-state index in [0.717, 1.165) is 6.42 Å². The Balaban J connectivity index is 1.74. The average molecular weight is 560 g/mol. The highest BCUT2D eigenvalue weighted by Crippen LogP contribution is 2.18. The van der Waals surface area contributed by atoms with Gasteiger partial charge in [-0.2, -0.15) is 0 Å². The number of hydrogen-bond donors (Lipinski definition) is 5. The number of aliphatic hydroxyl groups excluding tert-OH is 1. The number of rotatable bonds is 13. The van der Waals surface area contributed by atoms with Gasteiger partial charge in [0.15, 0.2) is 5.69 Å². The van der Waals surface area contributed by atoms with Gasteiger partial charge in [0.25, 0.3) is 5.91 Å². The predicted octanol–water partition coefficient (Wildman–Crippen LogP) is 1.39. The molecule has 11 nitrogen and oxygen atoms in total. The summed E-state index contributed by atoms with van der Waals surface area (Å²) in [6, 6.07) is 4.20. The van der Waals surface area contributed by atoms with Gasteiger partial charge in [-0.05, 0) is 56.2 Å². The van der Waals surface area contributed by atoms with E-state index in [1.54, 1.807) is 6.92 Å². The molecule has 0 bridgehead atoms. The monoisotopic (exact) mass is 559 g/mol. The Morgan fingerprint density at radius 2 is 1.82 bits per heavy atom. The van der Waals surface area contributed by atoms with E-state index < -0.39 is 41.7 Å². The molecule has 1 aromatic carbocycles. The molecule has 218 valence electrons. The van der Waals surface area contributed by atoms with Crippen LogP contribution in [0.15, 0.2) is 34.9 Å². The summed E-state index contributed by atoms with van der Waals surface area (Å²) in [6.07, 6.45) is 2.08. The SMILES string of the molecule is Cc1cc(C(=O)NC(Cc2ccc(F)cc2)C(=O)N[C@@H](CC(C)C)C(=O)N[C@H](CO)C[C@@H]2CCCNC2=O)no1. The van der Waals surface area contributed by atoms with E-state index in [1.165, 1.54) is 30.3 Å². The van der Waals surface area contributed by atoms with Gasteiger partial charge in [0.2, 0.25) is 17.7 Å². The Bertz CT molecular complexity index is 1170. The lowest BCUT2D eigenvalue weighted by atomic mass is 9.91. The number of carbonyl (C=O) groups excluding carboxylic acids is 4. The van der Waals surface area contributed by atoms with Crippen molar-refractivity contribution in [2.24, 2.45) is 11.8 Å². The molecule has 4 atom stereocenters. The van der Waals surface area contributed by atoms with Crippen LogP contribution in [0.1, 0.15) is 61.3 Å². The molecule has 12 heteroatoms. The van der Waals surface area contributed by atoms with E-state index in [0.29, 0.717) is 30.7 Å². The molecule has 1 fully saturated rings. The number of piperidine rings is 1. The molecular formula is C28H38FN5O6. The second-order valence-electron chi connectivity index (χ2n) is 10.6. The minimum Gasteiger partial charge on any atom is -0.394 e. The fraction of sp³-hybridized carbons (Fsp3) is 0.536. The number of amides is 4. The number of hydrogen-bond acceptors (Lipinski definition) is 7. The molecule has 5 N–H and O–H groups in total. The molecule has 3 rings (SSSR count). The van der Waals surface area contributed by atoms with Gasteiger partial charge in [0.1, 0.15) is 23.7 Å². The number of nitrogens with one attached hydrogen (secondary N) is 4. The van der Waals surface area contributed by atoms with Gasteiger partial charge >= 0.3 is 0 Å². The maximum Gasteiger partial charge on any atom is 0.274 e. The van der Waals surface area contributed by atoms with Crippen LogP contribution in [0.3, 0.4) is 0 Å². The van der Waals surface area contributed by atoms with Gasteiger partial charge in [0, 0.05) is 24.9 Å². The molecule has 1 aliphatic heterocycles. The summed E-state index contributed by atoms with van der Waals surface area (Å²) in [6.45, 7) is 5.67. The van der Waals surface area contributed by atoms with Crippen molar-refractivity contribution in [1.82, 2.24) is 26.4 Å². The number of aryl methyl sites for hydroxylation is 1. The Morgan fingerprint density at radius 1 is 1.12 bits per heavy atom. The Kier molecular flexibility index (Phi) is 11.2. The van der Waals surface area contributed by atoms with Gasteiger partial charge in [-0.15, -0.1) is 0 Å². The summed E-state index contributed by atoms with van der Waals surface area (Å²) in [5.41, 5.74) is 0.581. The van der Waals surface area contributed by atoms with E-state index >= 15 is 0 Å². The normalized spacial score (nSPS) is 17.4. The third-order valence-electron chi connectivity index (χ3n) is 6.71. The Morgan fingerprint density at radius 3 is 2.42 bits per heavy atom. The van der Waals surface area contributed by atoms with Crippen molar-refractivity contribution >= 4 is 23.6 Å². The van der Waals surface area contributed by atoms with Crippen LogP contribution in [-0.4, -0.2) is 65.2 Å². The van der Waals surface area contributed by atoms with Crippen molar-refractivity contribution in [3.8, 4) is 0 Å². The highest BCUT2D eigenvalue weighted by Gasteiger charge is 2.31. The van der Waals surface area contributed by atoms with Crippen LogP contribution in [-0.2, 0) is 20.8 Å². The van der Waals surface area contributed by atoms with Crippen LogP contribution >= 0.6 is 0 Å². The minimum atomic E-state index is -1.11. The summed E-state index contributed by atoms with van der Waals surface area (Å²) in [7, 11) is 0. The number of nitrogens with zero attached hydrogens (tertiary/aromatic N) is 1. The molecule has 0 spiro atoms. The summed E-state index contributed by atoms with van der Waals surface area (Å²) in [4.78, 5) is 51.7. The maximum absolute atomic E-state index is 13.5. The van der Waals surface area contributed by atoms with Gasteiger partial charge in [-0.25, -0.2) is 4.39 Å². The highest BCUT2D eigenvalue weighted by molar-refractivity contribution is 5.97. The van der Waals surface area contributed by atoms with E-state index in [2.05, 4.69) is 26.4 Å². The first-order valence-electron chi connectivity index (χ1n) is 13.5. The molecule has 1 aromatic heterocycles. The minimum absolute atomic E-state index is 0.0107. The molecule has 1 unspecified atom stereocenters. The van der Waals surface area contributed by atoms with Crippen LogP contribution in [0.25, 0.3) is 0 Å². The lowest BCUT2D eigenvalue weighted by Gasteiger charge is -2.28. The number of halogens is 1. The quantitative estimate of drug-likeness (QED) is 0.248. The topological polar surface area (TPSA) is 163 Å². The zero-order chi connectivity index (χ0) is 29.2. The average Bonchev–Trinajstić information content (AvgIpc) is 3.36. The second-order valence-corrected chi connectivity index (χ2v) is 10.6. The van der Waals surface area contributed by atoms with Crippen molar-refractivity contribution in [2.75, 3.05) is 13.2 Å². The summed E-state index contributed by atoms with van der Waals surface area (Å²) < 4.78 is 18.4. The second kappa shape index (κ2) is 14.5. The zero-order valence-corrected chi connectivity index (χ0v) is 23.0. The van der Waals surface area contributed by atoms with E-state index in [1.807, 2.05) is 13.8 Å². The highest BCUT2D eigenvalue weighted by atomic mass is 19.1. The number of benzene rings is 1. The first kappa shape index (κ1) is 30.7. The van der Waals surface area contributed by atoms with Gasteiger partial charge < -0.3 is 30.9 Å². The molecular weight excluding hydrogens is 521 g/mol. The third-order valence-corrected chi connectivity index (χ3v) is 6.71. The van der Waals surface area contributed by atoms with E-state index in [9.17, 15) is 28.7 Å². The predicted molar refractivity (Wildman–Crippen MR) is 143 cm³/mol. The first-order valence-corrected chi connectivity index (χ1v) is 13.5. The van der Waals surface area contributed by atoms with Crippen molar-refractivity contribution in [3.05, 3.63) is 53.2 Å². The van der Waals surface area contributed by atoms with Crippen molar-refractivity contribution < 1.29 is 33.2 Å². The van der Waals surface area contributed by atoms with Crippen LogP contribution in [0.5, 0.6) is 0 Å². The van der Waals surface area contributed by atoms with E-state index in [4.69, 9.17) is 4.52 Å². The molecule has 1 aliphatic rings. The fourth-order valence-corrected chi connectivity index (χ4v) is 4.63. The lowest BCUT2D eigenvalue weighted by Crippen LogP contribution is -2.56. The van der Waals surface area contributed by atoms with Crippen molar-refractivity contribution in [3.63, 3.8) is 0 Å².